The maximum Gasteiger partial charge on any atom is 0.322 e. The van der Waals surface area contributed by atoms with Gasteiger partial charge in [0.1, 0.15) is 11.7 Å². The molecule has 0 saturated carbocycles. The van der Waals surface area contributed by atoms with Gasteiger partial charge in [-0.3, -0.25) is 24.4 Å². The van der Waals surface area contributed by atoms with E-state index < -0.39 is 22.8 Å². The Morgan fingerprint density at radius 3 is 2.30 bits per heavy atom. The van der Waals surface area contributed by atoms with Crippen LogP contribution in [-0.2, 0) is 18.3 Å². The van der Waals surface area contributed by atoms with Gasteiger partial charge in [-0.1, -0.05) is 48.5 Å². The van der Waals surface area contributed by atoms with Gasteiger partial charge in [0, 0.05) is 19.2 Å². The van der Waals surface area contributed by atoms with Crippen molar-refractivity contribution in [3.8, 4) is 0 Å². The quantitative estimate of drug-likeness (QED) is 0.461. The number of rotatable bonds is 7. The van der Waals surface area contributed by atoms with Crippen LogP contribution in [-0.4, -0.2) is 32.6 Å². The normalized spacial score (nSPS) is 11.5. The van der Waals surface area contributed by atoms with E-state index in [9.17, 15) is 19.7 Å². The molecular formula is C21H21N5O4. The Hall–Kier alpha value is -4.01. The molecule has 0 radical (unpaired) electrons. The van der Waals surface area contributed by atoms with Crippen LogP contribution in [0.25, 0.3) is 0 Å². The van der Waals surface area contributed by atoms with Crippen molar-refractivity contribution in [2.45, 2.75) is 19.4 Å². The third kappa shape index (κ3) is 4.69. The molecule has 1 heterocycles. The van der Waals surface area contributed by atoms with E-state index in [1.165, 1.54) is 14.0 Å². The summed E-state index contributed by atoms with van der Waals surface area (Å²) in [5.74, 6) is -1.17. The molecule has 1 aromatic heterocycles. The van der Waals surface area contributed by atoms with Gasteiger partial charge >= 0.3 is 5.69 Å². The SMILES string of the molecule is Cc1nn(C)c(C(=O)NC(Cc2ccccc2)C(=O)Nc2ccccc2)c1[N+](=O)[O-]. The Labute approximate surface area is 172 Å². The van der Waals surface area contributed by atoms with Crippen LogP contribution >= 0.6 is 0 Å². The smallest absolute Gasteiger partial charge is 0.322 e. The summed E-state index contributed by atoms with van der Waals surface area (Å²) in [5.41, 5.74) is 0.958. The largest absolute Gasteiger partial charge is 0.338 e. The first-order chi connectivity index (χ1) is 14.4. The fourth-order valence-electron chi connectivity index (χ4n) is 3.16. The number of anilines is 1. The highest BCUT2D eigenvalue weighted by molar-refractivity contribution is 6.02. The Morgan fingerprint density at radius 2 is 1.70 bits per heavy atom. The van der Waals surface area contributed by atoms with E-state index in [0.717, 1.165) is 10.2 Å². The molecule has 0 aliphatic rings. The number of carbonyl (C=O) groups excluding carboxylic acids is 2. The predicted molar refractivity (Wildman–Crippen MR) is 111 cm³/mol. The molecule has 0 spiro atoms. The first kappa shape index (κ1) is 20.7. The molecule has 0 bridgehead atoms. The van der Waals surface area contributed by atoms with Crippen molar-refractivity contribution in [3.05, 3.63) is 87.7 Å². The molecule has 3 rings (SSSR count). The van der Waals surface area contributed by atoms with E-state index in [0.29, 0.717) is 5.69 Å². The lowest BCUT2D eigenvalue weighted by molar-refractivity contribution is -0.385. The molecule has 1 unspecified atom stereocenters. The van der Waals surface area contributed by atoms with Crippen LogP contribution in [0.3, 0.4) is 0 Å². The maximum atomic E-state index is 12.9. The Balaban J connectivity index is 1.88. The number of aryl methyl sites for hydroxylation is 2. The monoisotopic (exact) mass is 407 g/mol. The van der Waals surface area contributed by atoms with Crippen molar-refractivity contribution < 1.29 is 14.5 Å². The summed E-state index contributed by atoms with van der Waals surface area (Å²) in [5, 5.41) is 20.8. The van der Waals surface area contributed by atoms with Gasteiger partial charge in [-0.25, -0.2) is 0 Å². The summed E-state index contributed by atoms with van der Waals surface area (Å²) in [6.07, 6.45) is 0.218. The van der Waals surface area contributed by atoms with Crippen LogP contribution in [0.15, 0.2) is 60.7 Å². The minimum atomic E-state index is -0.949. The second-order valence-electron chi connectivity index (χ2n) is 6.73. The zero-order chi connectivity index (χ0) is 21.7. The van der Waals surface area contributed by atoms with Gasteiger partial charge in [0.2, 0.25) is 11.6 Å². The number of hydrogen-bond donors (Lipinski definition) is 2. The van der Waals surface area contributed by atoms with Crippen molar-refractivity contribution in [3.63, 3.8) is 0 Å². The van der Waals surface area contributed by atoms with Gasteiger partial charge in [-0.05, 0) is 24.6 Å². The van der Waals surface area contributed by atoms with Gasteiger partial charge in [-0.2, -0.15) is 5.10 Å². The summed E-state index contributed by atoms with van der Waals surface area (Å²) < 4.78 is 1.15. The molecule has 1 atom stereocenters. The fraction of sp³-hybridized carbons (Fsp3) is 0.190. The number of para-hydroxylation sites is 1. The fourth-order valence-corrected chi connectivity index (χ4v) is 3.16. The molecular weight excluding hydrogens is 386 g/mol. The molecule has 9 nitrogen and oxygen atoms in total. The Bertz CT molecular complexity index is 1060. The van der Waals surface area contributed by atoms with E-state index in [4.69, 9.17) is 0 Å². The number of nitro groups is 1. The topological polar surface area (TPSA) is 119 Å². The van der Waals surface area contributed by atoms with Gasteiger partial charge in [-0.15, -0.1) is 0 Å². The van der Waals surface area contributed by atoms with Crippen LogP contribution in [0.5, 0.6) is 0 Å². The van der Waals surface area contributed by atoms with E-state index in [1.807, 2.05) is 36.4 Å². The number of carbonyl (C=O) groups is 2. The van der Waals surface area contributed by atoms with Crippen molar-refractivity contribution in [2.24, 2.45) is 7.05 Å². The molecule has 154 valence electrons. The summed E-state index contributed by atoms with van der Waals surface area (Å²) >= 11 is 0. The van der Waals surface area contributed by atoms with E-state index in [1.54, 1.807) is 24.3 Å². The molecule has 0 saturated heterocycles. The van der Waals surface area contributed by atoms with E-state index in [2.05, 4.69) is 15.7 Å². The van der Waals surface area contributed by atoms with E-state index >= 15 is 0 Å². The second-order valence-corrected chi connectivity index (χ2v) is 6.73. The lowest BCUT2D eigenvalue weighted by Gasteiger charge is -2.18. The molecule has 0 fully saturated rings. The number of aromatic nitrogens is 2. The van der Waals surface area contributed by atoms with Crippen LogP contribution in [0.4, 0.5) is 11.4 Å². The summed E-state index contributed by atoms with van der Waals surface area (Å²) in [6, 6.07) is 17.1. The number of amides is 2. The molecule has 2 N–H and O–H groups in total. The molecule has 30 heavy (non-hydrogen) atoms. The average molecular weight is 407 g/mol. The number of hydrogen-bond acceptors (Lipinski definition) is 5. The Morgan fingerprint density at radius 1 is 1.10 bits per heavy atom. The third-order valence-corrected chi connectivity index (χ3v) is 4.53. The van der Waals surface area contributed by atoms with Crippen LogP contribution in [0.2, 0.25) is 0 Å². The van der Waals surface area contributed by atoms with Gasteiger partial charge < -0.3 is 10.6 Å². The van der Waals surface area contributed by atoms with E-state index in [-0.39, 0.29) is 23.5 Å². The molecule has 9 heteroatoms. The number of nitrogens with one attached hydrogen (secondary N) is 2. The van der Waals surface area contributed by atoms with Crippen molar-refractivity contribution in [2.75, 3.05) is 5.32 Å². The summed E-state index contributed by atoms with van der Waals surface area (Å²) in [4.78, 5) is 36.6. The standard InChI is InChI=1S/C21H21N5O4/c1-14-18(26(29)30)19(25(2)24-14)21(28)23-17(13-15-9-5-3-6-10-15)20(27)22-16-11-7-4-8-12-16/h3-12,17H,13H2,1-2H3,(H,22,27)(H,23,28). The highest BCUT2D eigenvalue weighted by atomic mass is 16.6. The average Bonchev–Trinajstić information content (AvgIpc) is 3.03. The predicted octanol–water partition coefficient (Wildman–Crippen LogP) is 2.62. The highest BCUT2D eigenvalue weighted by Gasteiger charge is 2.32. The summed E-state index contributed by atoms with van der Waals surface area (Å²) in [6.45, 7) is 1.46. The highest BCUT2D eigenvalue weighted by Crippen LogP contribution is 2.22. The molecule has 0 aliphatic heterocycles. The first-order valence-corrected chi connectivity index (χ1v) is 9.25. The molecule has 2 aromatic carbocycles. The van der Waals surface area contributed by atoms with Gasteiger partial charge in [0.05, 0.1) is 4.92 Å². The Kier molecular flexibility index (Phi) is 6.21. The van der Waals surface area contributed by atoms with Crippen LogP contribution < -0.4 is 10.6 Å². The lowest BCUT2D eigenvalue weighted by atomic mass is 10.0. The maximum absolute atomic E-state index is 12.9. The minimum absolute atomic E-state index is 0.126. The number of nitrogens with zero attached hydrogens (tertiary/aromatic N) is 3. The summed E-state index contributed by atoms with van der Waals surface area (Å²) in [7, 11) is 1.45. The van der Waals surface area contributed by atoms with Gasteiger partial charge in [0.15, 0.2) is 0 Å². The first-order valence-electron chi connectivity index (χ1n) is 9.25. The van der Waals surface area contributed by atoms with Crippen molar-refractivity contribution in [1.29, 1.82) is 0 Å². The molecule has 2 amide bonds. The zero-order valence-electron chi connectivity index (χ0n) is 16.5. The van der Waals surface area contributed by atoms with Crippen LogP contribution in [0, 0.1) is 17.0 Å². The van der Waals surface area contributed by atoms with Crippen molar-refractivity contribution in [1.82, 2.24) is 15.1 Å². The number of benzene rings is 2. The van der Waals surface area contributed by atoms with Crippen LogP contribution in [0.1, 0.15) is 21.7 Å². The van der Waals surface area contributed by atoms with Crippen molar-refractivity contribution >= 4 is 23.2 Å². The molecule has 0 aliphatic carbocycles. The zero-order valence-corrected chi connectivity index (χ0v) is 16.5. The molecule has 3 aromatic rings. The minimum Gasteiger partial charge on any atom is -0.338 e. The lowest BCUT2D eigenvalue weighted by Crippen LogP contribution is -2.45. The third-order valence-electron chi connectivity index (χ3n) is 4.53. The van der Waals surface area contributed by atoms with Gasteiger partial charge in [0.25, 0.3) is 5.91 Å². The second kappa shape index (κ2) is 8.99.